The van der Waals surface area contributed by atoms with Gasteiger partial charge in [-0.2, -0.15) is 0 Å². The molecule has 0 saturated carbocycles. The van der Waals surface area contributed by atoms with Crippen LogP contribution in [0.15, 0.2) is 18.2 Å². The molecule has 0 heterocycles. The first-order valence-electron chi connectivity index (χ1n) is 9.67. The normalized spacial score (nSPS) is 11.7. The summed E-state index contributed by atoms with van der Waals surface area (Å²) in [6.07, 6.45) is 10.4. The molecule has 1 rings (SSSR count). The van der Waals surface area contributed by atoms with Crippen molar-refractivity contribution >= 4 is 40.9 Å². The number of hydrogen-bond donors (Lipinski definition) is 1. The molecule has 0 amide bonds. The molecule has 0 unspecified atom stereocenters. The maximum atomic E-state index is 10.6. The first-order valence-corrected chi connectivity index (χ1v) is 12.3. The average Bonchev–Trinajstić information content (AvgIpc) is 2.58. The van der Waals surface area contributed by atoms with Crippen molar-refractivity contribution in [3.8, 4) is 5.75 Å². The quantitative estimate of drug-likeness (QED) is 0.281. The van der Waals surface area contributed by atoms with Gasteiger partial charge in [-0.1, -0.05) is 0 Å². The zero-order chi connectivity index (χ0) is 19.3. The molecule has 144 valence electrons. The summed E-state index contributed by atoms with van der Waals surface area (Å²) >= 11 is 0.994. The number of benzene rings is 1. The van der Waals surface area contributed by atoms with Gasteiger partial charge >= 0.3 is 177 Å². The van der Waals surface area contributed by atoms with E-state index in [1.807, 2.05) is 6.07 Å². The Labute approximate surface area is 176 Å². The van der Waals surface area contributed by atoms with Gasteiger partial charge in [0, 0.05) is 0 Å². The third kappa shape index (κ3) is 12.3. The van der Waals surface area contributed by atoms with Crippen LogP contribution >= 0.6 is 0 Å². The van der Waals surface area contributed by atoms with Crippen molar-refractivity contribution in [2.45, 2.75) is 58.3 Å². The number of rotatable bonds is 15. The molecule has 0 aliphatic carbocycles. The molecule has 0 aliphatic heterocycles. The van der Waals surface area contributed by atoms with E-state index in [4.69, 9.17) is 14.0 Å². The second kappa shape index (κ2) is 14.0. The summed E-state index contributed by atoms with van der Waals surface area (Å²) in [5, 5.41) is 0. The Morgan fingerprint density at radius 1 is 1.00 bits per heavy atom. The van der Waals surface area contributed by atoms with Crippen LogP contribution in [-0.2, 0) is 21.3 Å². The minimum absolute atomic E-state index is 0.0223. The Morgan fingerprint density at radius 3 is 2.35 bits per heavy atom. The summed E-state index contributed by atoms with van der Waals surface area (Å²) in [6.45, 7) is 2.89. The predicted octanol–water partition coefficient (Wildman–Crippen LogP) is 3.06. The van der Waals surface area contributed by atoms with Crippen LogP contribution in [0.4, 0.5) is 0 Å². The van der Waals surface area contributed by atoms with E-state index in [9.17, 15) is 8.42 Å². The van der Waals surface area contributed by atoms with Crippen LogP contribution in [0.3, 0.4) is 0 Å². The van der Waals surface area contributed by atoms with E-state index in [0.29, 0.717) is 13.2 Å². The molecule has 0 bridgehead atoms. The van der Waals surface area contributed by atoms with Crippen LogP contribution in [0, 0.1) is 0 Å². The molecular weight excluding hydrogens is 363 g/mol. The van der Waals surface area contributed by atoms with Crippen LogP contribution in [-0.4, -0.2) is 66.5 Å². The van der Waals surface area contributed by atoms with Gasteiger partial charge in [0.15, 0.2) is 0 Å². The van der Waals surface area contributed by atoms with Gasteiger partial charge in [0.1, 0.15) is 0 Å². The summed E-state index contributed by atoms with van der Waals surface area (Å²) < 4.78 is 41.9. The van der Waals surface area contributed by atoms with Crippen molar-refractivity contribution in [3.05, 3.63) is 23.8 Å². The minimum atomic E-state index is -3.95. The van der Waals surface area contributed by atoms with Gasteiger partial charge in [0.05, 0.1) is 0 Å². The zero-order valence-corrected chi connectivity index (χ0v) is 19.0. The van der Waals surface area contributed by atoms with Crippen LogP contribution in [0.25, 0.3) is 0 Å². The van der Waals surface area contributed by atoms with Gasteiger partial charge in [-0.3, -0.25) is 0 Å². The molecule has 1 aromatic carbocycles. The number of hydrogen-bond acceptors (Lipinski definition) is 4. The SMILES string of the molecule is CCCCCCCCCc1ccc(OCCOCCS(=O)(=O)O)c[c]1[Na]. The third-order valence-corrected chi connectivity index (χ3v) is 5.96. The van der Waals surface area contributed by atoms with Crippen molar-refractivity contribution in [2.24, 2.45) is 0 Å². The summed E-state index contributed by atoms with van der Waals surface area (Å²) in [5.74, 6) is 0.446. The van der Waals surface area contributed by atoms with E-state index in [1.54, 1.807) is 0 Å². The van der Waals surface area contributed by atoms with Crippen molar-refractivity contribution < 1.29 is 22.4 Å². The molecule has 0 aliphatic rings. The summed E-state index contributed by atoms with van der Waals surface area (Å²) in [6, 6.07) is 6.26. The van der Waals surface area contributed by atoms with E-state index in [-0.39, 0.29) is 12.4 Å². The molecule has 7 heteroatoms. The molecular formula is C19H31NaO5S. The Hall–Kier alpha value is -0.110. The van der Waals surface area contributed by atoms with E-state index in [0.717, 1.165) is 40.1 Å². The first kappa shape index (κ1) is 23.9. The zero-order valence-electron chi connectivity index (χ0n) is 16.2. The standard InChI is InChI=1S/C19H31O5S.Na/c1-2-3-4-5-6-7-8-9-18-10-12-19(13-11-18)24-15-14-23-16-17-25(20,21)22;/h10,12-13H,2-9,14-17H2,1H3,(H,20,21,22);. The number of ether oxygens (including phenoxy) is 2. The van der Waals surface area contributed by atoms with E-state index in [2.05, 4.69) is 19.1 Å². The Morgan fingerprint density at radius 2 is 1.69 bits per heavy atom. The molecule has 1 aromatic rings. The van der Waals surface area contributed by atoms with Crippen molar-refractivity contribution in [1.82, 2.24) is 0 Å². The summed E-state index contributed by atoms with van der Waals surface area (Å²) in [4.78, 5) is 0. The van der Waals surface area contributed by atoms with Crippen molar-refractivity contribution in [2.75, 3.05) is 25.6 Å². The second-order valence-electron chi connectivity index (χ2n) is 6.71. The Balaban J connectivity index is 2.19. The van der Waals surface area contributed by atoms with Gasteiger partial charge in [0.2, 0.25) is 0 Å². The predicted molar refractivity (Wildman–Crippen MR) is 106 cm³/mol. The molecule has 0 fully saturated rings. The Kier molecular flexibility index (Phi) is 12.9. The van der Waals surface area contributed by atoms with Gasteiger partial charge in [-0.15, -0.1) is 0 Å². The van der Waals surface area contributed by atoms with E-state index in [1.165, 1.54) is 53.3 Å². The van der Waals surface area contributed by atoms with Gasteiger partial charge < -0.3 is 0 Å². The molecule has 0 aromatic heterocycles. The van der Waals surface area contributed by atoms with Crippen LogP contribution in [0.1, 0.15) is 57.4 Å². The maximum absolute atomic E-state index is 10.6. The number of unbranched alkanes of at least 4 members (excludes halogenated alkanes) is 6. The number of aryl methyl sites for hydroxylation is 1. The molecule has 0 radical (unpaired) electrons. The van der Waals surface area contributed by atoms with Crippen molar-refractivity contribution in [1.29, 1.82) is 0 Å². The Bertz CT molecular complexity index is 604. The van der Waals surface area contributed by atoms with E-state index >= 15 is 0 Å². The summed E-state index contributed by atoms with van der Waals surface area (Å²) in [5.41, 5.74) is 1.43. The molecule has 0 saturated heterocycles. The molecule has 1 N–H and O–H groups in total. The van der Waals surface area contributed by atoms with Gasteiger partial charge in [-0.05, 0) is 0 Å². The monoisotopic (exact) mass is 394 g/mol. The van der Waals surface area contributed by atoms with Gasteiger partial charge in [-0.25, -0.2) is 0 Å². The fourth-order valence-corrected chi connectivity index (χ4v) is 3.83. The molecule has 26 heavy (non-hydrogen) atoms. The molecule has 5 nitrogen and oxygen atoms in total. The molecule has 0 atom stereocenters. The van der Waals surface area contributed by atoms with Gasteiger partial charge in [0.25, 0.3) is 0 Å². The molecule has 0 spiro atoms. The van der Waals surface area contributed by atoms with Crippen molar-refractivity contribution in [3.63, 3.8) is 0 Å². The topological polar surface area (TPSA) is 72.8 Å². The third-order valence-electron chi connectivity index (χ3n) is 4.35. The fourth-order valence-electron chi connectivity index (χ4n) is 2.80. The average molecular weight is 395 g/mol. The first-order chi connectivity index (χ1) is 12.4. The fraction of sp³-hybridized carbons (Fsp3) is 0.684. The van der Waals surface area contributed by atoms with Crippen LogP contribution in [0.2, 0.25) is 0 Å². The van der Waals surface area contributed by atoms with Crippen LogP contribution < -0.4 is 7.55 Å². The van der Waals surface area contributed by atoms with Crippen LogP contribution in [0.5, 0.6) is 5.75 Å². The second-order valence-corrected chi connectivity index (χ2v) is 9.36. The van der Waals surface area contributed by atoms with E-state index < -0.39 is 10.1 Å². The summed E-state index contributed by atoms with van der Waals surface area (Å²) in [7, 11) is -3.95.